The van der Waals surface area contributed by atoms with E-state index >= 15 is 0 Å². The van der Waals surface area contributed by atoms with E-state index in [0.717, 1.165) is 27.8 Å². The van der Waals surface area contributed by atoms with Crippen LogP contribution in [-0.2, 0) is 20.1 Å². The van der Waals surface area contributed by atoms with Gasteiger partial charge in [0.1, 0.15) is 5.75 Å². The van der Waals surface area contributed by atoms with Gasteiger partial charge in [0.15, 0.2) is 6.61 Å². The summed E-state index contributed by atoms with van der Waals surface area (Å²) in [5, 5.41) is 11.8. The molecular weight excluding hydrogens is 310 g/mol. The van der Waals surface area contributed by atoms with Crippen molar-refractivity contribution < 1.29 is 4.74 Å². The summed E-state index contributed by atoms with van der Waals surface area (Å²) in [6.45, 7) is 2.88. The van der Waals surface area contributed by atoms with Crippen LogP contribution in [0, 0.1) is 6.92 Å². The zero-order chi connectivity index (χ0) is 13.8. The van der Waals surface area contributed by atoms with Gasteiger partial charge >= 0.3 is 0 Å². The third-order valence-corrected chi connectivity index (χ3v) is 3.08. The molecule has 0 saturated heterocycles. The largest absolute Gasteiger partial charge is 0.485 e. The van der Waals surface area contributed by atoms with Gasteiger partial charge in [-0.3, -0.25) is 0 Å². The van der Waals surface area contributed by atoms with Crippen LogP contribution in [0.5, 0.6) is 5.75 Å². The lowest BCUT2D eigenvalue weighted by Crippen LogP contribution is -2.07. The summed E-state index contributed by atoms with van der Waals surface area (Å²) in [6.07, 6.45) is 0.767. The van der Waals surface area contributed by atoms with Crippen molar-refractivity contribution in [2.45, 2.75) is 20.0 Å². The van der Waals surface area contributed by atoms with Gasteiger partial charge in [0.05, 0.1) is 7.05 Å². The zero-order valence-corrected chi connectivity index (χ0v) is 12.5. The highest BCUT2D eigenvalue weighted by molar-refractivity contribution is 9.10. The number of aromatic nitrogens is 4. The number of hydrogen-bond donors (Lipinski definition) is 1. The topological polar surface area (TPSA) is 78.9 Å². The Balaban J connectivity index is 2.18. The molecule has 19 heavy (non-hydrogen) atoms. The molecule has 2 aromatic rings. The molecule has 1 aromatic carbocycles. The average molecular weight is 326 g/mol. The molecule has 0 radical (unpaired) electrons. The molecular formula is C12H16BrN5O. The molecule has 2 rings (SSSR count). The highest BCUT2D eigenvalue weighted by Gasteiger charge is 2.10. The van der Waals surface area contributed by atoms with Gasteiger partial charge in [-0.1, -0.05) is 15.9 Å². The van der Waals surface area contributed by atoms with Gasteiger partial charge in [0.2, 0.25) is 5.82 Å². The Labute approximate surface area is 120 Å². The summed E-state index contributed by atoms with van der Waals surface area (Å²) < 4.78 is 6.85. The van der Waals surface area contributed by atoms with Crippen molar-refractivity contribution in [2.24, 2.45) is 12.8 Å². The van der Waals surface area contributed by atoms with E-state index in [1.54, 1.807) is 7.05 Å². The predicted octanol–water partition coefficient (Wildman–Crippen LogP) is 1.36. The van der Waals surface area contributed by atoms with Gasteiger partial charge in [0, 0.05) is 4.47 Å². The normalized spacial score (nSPS) is 10.7. The van der Waals surface area contributed by atoms with E-state index < -0.39 is 0 Å². The first kappa shape index (κ1) is 14.0. The lowest BCUT2D eigenvalue weighted by Gasteiger charge is -2.13. The van der Waals surface area contributed by atoms with Crippen LogP contribution in [0.4, 0.5) is 0 Å². The summed E-state index contributed by atoms with van der Waals surface area (Å²) in [5.74, 6) is 1.41. The third kappa shape index (κ3) is 3.51. The number of tetrazole rings is 1. The van der Waals surface area contributed by atoms with Crippen molar-refractivity contribution in [1.29, 1.82) is 0 Å². The first-order valence-electron chi connectivity index (χ1n) is 5.95. The van der Waals surface area contributed by atoms with Gasteiger partial charge < -0.3 is 10.5 Å². The maximum absolute atomic E-state index is 5.82. The minimum atomic E-state index is 0.299. The minimum Gasteiger partial charge on any atom is -0.485 e. The highest BCUT2D eigenvalue weighted by atomic mass is 79.9. The van der Waals surface area contributed by atoms with Gasteiger partial charge in [-0.2, -0.15) is 4.80 Å². The number of benzene rings is 1. The lowest BCUT2D eigenvalue weighted by molar-refractivity contribution is 0.290. The van der Waals surface area contributed by atoms with Crippen LogP contribution >= 0.6 is 15.9 Å². The second-order valence-corrected chi connectivity index (χ2v) is 5.15. The number of hydrogen-bond acceptors (Lipinski definition) is 5. The molecule has 1 heterocycles. The van der Waals surface area contributed by atoms with E-state index in [2.05, 4.69) is 31.3 Å². The lowest BCUT2D eigenvalue weighted by atomic mass is 10.1. The monoisotopic (exact) mass is 325 g/mol. The van der Waals surface area contributed by atoms with Crippen molar-refractivity contribution >= 4 is 15.9 Å². The van der Waals surface area contributed by atoms with Crippen molar-refractivity contribution in [3.05, 3.63) is 33.6 Å². The maximum atomic E-state index is 5.82. The molecule has 7 heteroatoms. The number of halogens is 1. The van der Waals surface area contributed by atoms with Gasteiger partial charge in [0.25, 0.3) is 0 Å². The van der Waals surface area contributed by atoms with Crippen LogP contribution in [0.2, 0.25) is 0 Å². The van der Waals surface area contributed by atoms with Crippen LogP contribution in [0.25, 0.3) is 0 Å². The standard InChI is InChI=1S/C12H16BrN5O/c1-8-5-10(13)6-9(3-4-14)12(8)19-7-11-15-17-18(2)16-11/h5-6H,3-4,7,14H2,1-2H3. The van der Waals surface area contributed by atoms with Crippen LogP contribution in [0.3, 0.4) is 0 Å². The molecule has 2 N–H and O–H groups in total. The van der Waals surface area contributed by atoms with Crippen LogP contribution in [0.1, 0.15) is 17.0 Å². The van der Waals surface area contributed by atoms with E-state index in [1.165, 1.54) is 4.80 Å². The van der Waals surface area contributed by atoms with E-state index in [1.807, 2.05) is 19.1 Å². The molecule has 0 bridgehead atoms. The first-order chi connectivity index (χ1) is 9.10. The molecule has 0 aliphatic carbocycles. The van der Waals surface area contributed by atoms with Crippen molar-refractivity contribution in [2.75, 3.05) is 6.54 Å². The van der Waals surface area contributed by atoms with Gasteiger partial charge in [-0.25, -0.2) is 0 Å². The predicted molar refractivity (Wildman–Crippen MR) is 74.8 cm³/mol. The third-order valence-electron chi connectivity index (χ3n) is 2.63. The Morgan fingerprint density at radius 2 is 2.21 bits per heavy atom. The first-order valence-corrected chi connectivity index (χ1v) is 6.74. The SMILES string of the molecule is Cc1cc(Br)cc(CCN)c1OCc1nnn(C)n1. The molecule has 102 valence electrons. The molecule has 0 fully saturated rings. The van der Waals surface area contributed by atoms with Crippen molar-refractivity contribution in [1.82, 2.24) is 20.2 Å². The van der Waals surface area contributed by atoms with Crippen LogP contribution < -0.4 is 10.5 Å². The molecule has 0 aliphatic rings. The number of aryl methyl sites for hydroxylation is 2. The Morgan fingerprint density at radius 1 is 1.42 bits per heavy atom. The Kier molecular flexibility index (Phi) is 4.49. The summed E-state index contributed by atoms with van der Waals surface area (Å²) in [7, 11) is 1.72. The molecule has 1 aromatic heterocycles. The molecule has 6 nitrogen and oxygen atoms in total. The molecule has 0 unspecified atom stereocenters. The van der Waals surface area contributed by atoms with E-state index in [0.29, 0.717) is 19.0 Å². The number of rotatable bonds is 5. The zero-order valence-electron chi connectivity index (χ0n) is 10.9. The summed E-state index contributed by atoms with van der Waals surface area (Å²) >= 11 is 3.48. The number of nitrogens with two attached hydrogens (primary N) is 1. The molecule has 0 saturated carbocycles. The average Bonchev–Trinajstić information content (AvgIpc) is 2.74. The quantitative estimate of drug-likeness (QED) is 0.897. The smallest absolute Gasteiger partial charge is 0.212 e. The Morgan fingerprint density at radius 3 is 2.84 bits per heavy atom. The number of nitrogens with zero attached hydrogens (tertiary/aromatic N) is 4. The molecule has 0 spiro atoms. The Hall–Kier alpha value is -1.47. The highest BCUT2D eigenvalue weighted by Crippen LogP contribution is 2.28. The fourth-order valence-corrected chi connectivity index (χ4v) is 2.48. The minimum absolute atomic E-state index is 0.299. The van der Waals surface area contributed by atoms with E-state index in [4.69, 9.17) is 10.5 Å². The summed E-state index contributed by atoms with van der Waals surface area (Å²) in [5.41, 5.74) is 7.77. The summed E-state index contributed by atoms with van der Waals surface area (Å²) in [6, 6.07) is 4.04. The molecule has 0 amide bonds. The second-order valence-electron chi connectivity index (χ2n) is 4.23. The molecule has 0 aliphatic heterocycles. The number of ether oxygens (including phenoxy) is 1. The maximum Gasteiger partial charge on any atom is 0.212 e. The molecule has 0 atom stereocenters. The fraction of sp³-hybridized carbons (Fsp3) is 0.417. The summed E-state index contributed by atoms with van der Waals surface area (Å²) in [4.78, 5) is 1.41. The fourth-order valence-electron chi connectivity index (χ4n) is 1.86. The second kappa shape index (κ2) is 6.12. The van der Waals surface area contributed by atoms with Gasteiger partial charge in [-0.05, 0) is 48.4 Å². The van der Waals surface area contributed by atoms with Crippen LogP contribution in [-0.4, -0.2) is 26.8 Å². The Bertz CT molecular complexity index is 569. The van der Waals surface area contributed by atoms with E-state index in [-0.39, 0.29) is 0 Å². The van der Waals surface area contributed by atoms with Crippen molar-refractivity contribution in [3.8, 4) is 5.75 Å². The van der Waals surface area contributed by atoms with Gasteiger partial charge in [-0.15, -0.1) is 10.2 Å². The van der Waals surface area contributed by atoms with E-state index in [9.17, 15) is 0 Å². The van der Waals surface area contributed by atoms with Crippen LogP contribution in [0.15, 0.2) is 16.6 Å². The van der Waals surface area contributed by atoms with Crippen molar-refractivity contribution in [3.63, 3.8) is 0 Å².